The molecule has 6 heteroatoms. The quantitative estimate of drug-likeness (QED) is 0.895. The van der Waals surface area contributed by atoms with Crippen LogP contribution < -0.4 is 5.32 Å². The van der Waals surface area contributed by atoms with Gasteiger partial charge in [0.05, 0.1) is 5.92 Å². The second-order valence-electron chi connectivity index (χ2n) is 4.80. The summed E-state index contributed by atoms with van der Waals surface area (Å²) >= 11 is 0. The van der Waals surface area contributed by atoms with Crippen molar-refractivity contribution in [2.75, 3.05) is 20.1 Å². The Labute approximate surface area is 115 Å². The van der Waals surface area contributed by atoms with Crippen molar-refractivity contribution in [3.05, 3.63) is 35.4 Å². The molecule has 1 fully saturated rings. The average Bonchev–Trinajstić information content (AvgIpc) is 2.46. The van der Waals surface area contributed by atoms with Crippen LogP contribution in [0.15, 0.2) is 18.2 Å². The number of hydrogen-bond acceptors (Lipinski definition) is 2. The smallest absolute Gasteiger partial charge is 0.259 e. The highest BCUT2D eigenvalue weighted by Crippen LogP contribution is 2.21. The number of benzene rings is 1. The zero-order valence-corrected chi connectivity index (χ0v) is 11.2. The average molecular weight is 282 g/mol. The van der Waals surface area contributed by atoms with E-state index >= 15 is 0 Å². The molecule has 1 aliphatic heterocycles. The topological polar surface area (TPSA) is 49.4 Å². The first-order valence-electron chi connectivity index (χ1n) is 6.49. The Hall–Kier alpha value is -1.98. The first-order chi connectivity index (χ1) is 9.54. The highest BCUT2D eigenvalue weighted by molar-refractivity contribution is 5.95. The zero-order chi connectivity index (χ0) is 14.7. The Morgan fingerprint density at radius 2 is 1.95 bits per heavy atom. The van der Waals surface area contributed by atoms with Gasteiger partial charge in [0.2, 0.25) is 5.91 Å². The zero-order valence-electron chi connectivity index (χ0n) is 11.2. The number of nitrogens with zero attached hydrogens (tertiary/aromatic N) is 1. The van der Waals surface area contributed by atoms with Crippen molar-refractivity contribution >= 4 is 11.8 Å². The van der Waals surface area contributed by atoms with Crippen LogP contribution in [0.3, 0.4) is 0 Å². The molecular weight excluding hydrogens is 266 g/mol. The first-order valence-corrected chi connectivity index (χ1v) is 6.49. The predicted octanol–water partition coefficient (Wildman–Crippen LogP) is 1.56. The van der Waals surface area contributed by atoms with Gasteiger partial charge in [-0.1, -0.05) is 6.07 Å². The molecule has 1 aliphatic rings. The summed E-state index contributed by atoms with van der Waals surface area (Å²) in [6.45, 7) is 0.590. The Kier molecular flexibility index (Phi) is 4.32. The lowest BCUT2D eigenvalue weighted by Gasteiger charge is -2.32. The molecule has 0 aliphatic carbocycles. The third-order valence-electron chi connectivity index (χ3n) is 3.50. The van der Waals surface area contributed by atoms with Gasteiger partial charge in [-0.25, -0.2) is 8.78 Å². The van der Waals surface area contributed by atoms with E-state index in [9.17, 15) is 18.4 Å². The third kappa shape index (κ3) is 2.79. The molecule has 1 saturated heterocycles. The van der Waals surface area contributed by atoms with Crippen molar-refractivity contribution in [1.82, 2.24) is 10.2 Å². The van der Waals surface area contributed by atoms with E-state index in [2.05, 4.69) is 5.32 Å². The molecule has 1 unspecified atom stereocenters. The second-order valence-corrected chi connectivity index (χ2v) is 4.80. The molecule has 20 heavy (non-hydrogen) atoms. The van der Waals surface area contributed by atoms with Crippen LogP contribution in [-0.2, 0) is 4.79 Å². The first kappa shape index (κ1) is 14.4. The number of carbonyl (C=O) groups excluding carboxylic acids is 2. The number of rotatable bonds is 2. The van der Waals surface area contributed by atoms with E-state index in [1.165, 1.54) is 18.0 Å². The molecule has 0 bridgehead atoms. The molecule has 0 saturated carbocycles. The number of likely N-dealkylation sites (tertiary alicyclic amines) is 1. The molecule has 4 nitrogen and oxygen atoms in total. The summed E-state index contributed by atoms with van der Waals surface area (Å²) in [6, 6.07) is 3.32. The van der Waals surface area contributed by atoms with Gasteiger partial charge in [-0.05, 0) is 25.0 Å². The minimum absolute atomic E-state index is 0.156. The van der Waals surface area contributed by atoms with Crippen LogP contribution in [0, 0.1) is 17.6 Å². The van der Waals surface area contributed by atoms with E-state index in [0.717, 1.165) is 12.1 Å². The lowest BCUT2D eigenvalue weighted by atomic mass is 9.96. The summed E-state index contributed by atoms with van der Waals surface area (Å²) in [7, 11) is 1.53. The van der Waals surface area contributed by atoms with E-state index in [1.54, 1.807) is 0 Å². The fraction of sp³-hybridized carbons (Fsp3) is 0.429. The summed E-state index contributed by atoms with van der Waals surface area (Å²) < 4.78 is 27.2. The highest BCUT2D eigenvalue weighted by Gasteiger charge is 2.30. The molecule has 108 valence electrons. The molecule has 1 aromatic carbocycles. The van der Waals surface area contributed by atoms with Crippen molar-refractivity contribution in [3.63, 3.8) is 0 Å². The van der Waals surface area contributed by atoms with Gasteiger partial charge >= 0.3 is 0 Å². The van der Waals surface area contributed by atoms with E-state index in [4.69, 9.17) is 0 Å². The number of hydrogen-bond donors (Lipinski definition) is 1. The minimum Gasteiger partial charge on any atom is -0.359 e. The van der Waals surface area contributed by atoms with Crippen LogP contribution in [0.5, 0.6) is 0 Å². The Balaban J connectivity index is 2.19. The maximum Gasteiger partial charge on any atom is 0.259 e. The second kappa shape index (κ2) is 5.98. The van der Waals surface area contributed by atoms with Gasteiger partial charge in [-0.3, -0.25) is 9.59 Å². The maximum absolute atomic E-state index is 13.6. The summed E-state index contributed by atoms with van der Waals surface area (Å²) in [5, 5.41) is 2.53. The van der Waals surface area contributed by atoms with Crippen LogP contribution in [0.2, 0.25) is 0 Å². The maximum atomic E-state index is 13.6. The fourth-order valence-corrected chi connectivity index (χ4v) is 2.44. The largest absolute Gasteiger partial charge is 0.359 e. The molecule has 1 N–H and O–H groups in total. The fourth-order valence-electron chi connectivity index (χ4n) is 2.44. The molecule has 0 radical (unpaired) electrons. The molecule has 1 atom stereocenters. The Bertz CT molecular complexity index is 514. The lowest BCUT2D eigenvalue weighted by Crippen LogP contribution is -2.45. The van der Waals surface area contributed by atoms with E-state index in [-0.39, 0.29) is 18.4 Å². The van der Waals surface area contributed by atoms with Crippen molar-refractivity contribution < 1.29 is 18.4 Å². The monoisotopic (exact) mass is 282 g/mol. The van der Waals surface area contributed by atoms with Gasteiger partial charge in [-0.2, -0.15) is 0 Å². The van der Waals surface area contributed by atoms with E-state index < -0.39 is 23.1 Å². The molecule has 0 spiro atoms. The molecular formula is C14H16F2N2O2. The predicted molar refractivity (Wildman–Crippen MR) is 69.1 cm³/mol. The van der Waals surface area contributed by atoms with Gasteiger partial charge in [0.25, 0.3) is 5.91 Å². The minimum atomic E-state index is -0.878. The summed E-state index contributed by atoms with van der Waals surface area (Å²) in [4.78, 5) is 25.2. The van der Waals surface area contributed by atoms with Crippen molar-refractivity contribution in [3.8, 4) is 0 Å². The molecule has 2 amide bonds. The molecule has 2 rings (SSSR count). The van der Waals surface area contributed by atoms with Gasteiger partial charge in [0.1, 0.15) is 17.2 Å². The summed E-state index contributed by atoms with van der Waals surface area (Å²) in [5.41, 5.74) is -0.551. The van der Waals surface area contributed by atoms with Crippen molar-refractivity contribution in [1.29, 1.82) is 0 Å². The van der Waals surface area contributed by atoms with E-state index in [0.29, 0.717) is 19.4 Å². The van der Waals surface area contributed by atoms with Crippen LogP contribution in [0.4, 0.5) is 8.78 Å². The normalized spacial score (nSPS) is 18.8. The molecule has 0 aromatic heterocycles. The molecule has 1 heterocycles. The molecule has 1 aromatic rings. The van der Waals surface area contributed by atoms with Gasteiger partial charge in [-0.15, -0.1) is 0 Å². The Morgan fingerprint density at radius 3 is 2.55 bits per heavy atom. The summed E-state index contributed by atoms with van der Waals surface area (Å²) in [6.07, 6.45) is 1.31. The summed E-state index contributed by atoms with van der Waals surface area (Å²) in [5.74, 6) is -2.94. The standard InChI is InChI=1S/C14H16F2N2O2/c1-17-13(19)9-4-3-7-18(8-9)14(20)12-10(15)5-2-6-11(12)16/h2,5-6,9H,3-4,7-8H2,1H3,(H,17,19). The van der Waals surface area contributed by atoms with Gasteiger partial charge < -0.3 is 10.2 Å². The number of nitrogens with one attached hydrogen (secondary N) is 1. The highest BCUT2D eigenvalue weighted by atomic mass is 19.1. The lowest BCUT2D eigenvalue weighted by molar-refractivity contribution is -0.125. The van der Waals surface area contributed by atoms with Gasteiger partial charge in [0, 0.05) is 20.1 Å². The van der Waals surface area contributed by atoms with Crippen molar-refractivity contribution in [2.24, 2.45) is 5.92 Å². The number of piperidine rings is 1. The SMILES string of the molecule is CNC(=O)C1CCCN(C(=O)c2c(F)cccc2F)C1. The number of halogens is 2. The third-order valence-corrected chi connectivity index (χ3v) is 3.50. The number of carbonyl (C=O) groups is 2. The number of amides is 2. The van der Waals surface area contributed by atoms with Crippen molar-refractivity contribution in [2.45, 2.75) is 12.8 Å². The Morgan fingerprint density at radius 1 is 1.30 bits per heavy atom. The van der Waals surface area contributed by atoms with Crippen LogP contribution in [-0.4, -0.2) is 36.9 Å². The van der Waals surface area contributed by atoms with Crippen LogP contribution in [0.1, 0.15) is 23.2 Å². The van der Waals surface area contributed by atoms with Gasteiger partial charge in [0.15, 0.2) is 0 Å². The van der Waals surface area contributed by atoms with E-state index in [1.807, 2.05) is 0 Å². The van der Waals surface area contributed by atoms with Crippen LogP contribution >= 0.6 is 0 Å². The van der Waals surface area contributed by atoms with Crippen LogP contribution in [0.25, 0.3) is 0 Å².